The van der Waals surface area contributed by atoms with Crippen LogP contribution in [0.5, 0.6) is 5.75 Å². The molecule has 28 heavy (non-hydrogen) atoms. The fraction of sp³-hybridized carbons (Fsp3) is 0.278. The Balaban J connectivity index is 2.18. The van der Waals surface area contributed by atoms with E-state index in [9.17, 15) is 13.2 Å². The van der Waals surface area contributed by atoms with Crippen molar-refractivity contribution in [3.05, 3.63) is 57.0 Å². The number of hydrogen-bond donors (Lipinski definition) is 1. The zero-order valence-corrected chi connectivity index (χ0v) is 18.3. The van der Waals surface area contributed by atoms with Gasteiger partial charge in [-0.15, -0.1) is 0 Å². The van der Waals surface area contributed by atoms with Gasteiger partial charge in [0.05, 0.1) is 33.6 Å². The molecule has 0 fully saturated rings. The molecule has 0 radical (unpaired) electrons. The summed E-state index contributed by atoms with van der Waals surface area (Å²) < 4.78 is 30.8. The van der Waals surface area contributed by atoms with Crippen LogP contribution in [0.4, 0.5) is 5.69 Å². The fourth-order valence-corrected chi connectivity index (χ4v) is 3.96. The number of halogens is 3. The van der Waals surface area contributed by atoms with Crippen LogP contribution in [-0.2, 0) is 21.4 Å². The van der Waals surface area contributed by atoms with Crippen LogP contribution >= 0.6 is 34.8 Å². The number of para-hydroxylation sites is 1. The van der Waals surface area contributed by atoms with Gasteiger partial charge in [0.1, 0.15) is 12.3 Å². The minimum absolute atomic E-state index is 0.0642. The Labute approximate surface area is 179 Å². The highest BCUT2D eigenvalue weighted by Gasteiger charge is 2.24. The van der Waals surface area contributed by atoms with Crippen molar-refractivity contribution in [1.82, 2.24) is 5.32 Å². The first-order valence-electron chi connectivity index (χ1n) is 8.23. The third-order valence-corrected chi connectivity index (χ3v) is 5.85. The quantitative estimate of drug-likeness (QED) is 0.595. The molecule has 0 heterocycles. The van der Waals surface area contributed by atoms with Crippen LogP contribution < -0.4 is 14.4 Å². The third-order valence-electron chi connectivity index (χ3n) is 3.69. The minimum atomic E-state index is -3.80. The van der Waals surface area contributed by atoms with Crippen molar-refractivity contribution in [2.24, 2.45) is 0 Å². The van der Waals surface area contributed by atoms with Gasteiger partial charge in [-0.3, -0.25) is 9.10 Å². The number of hydrogen-bond acceptors (Lipinski definition) is 4. The molecular weight excluding hydrogens is 447 g/mol. The molecule has 6 nitrogen and oxygen atoms in total. The average molecular weight is 466 g/mol. The zero-order valence-electron chi connectivity index (χ0n) is 15.2. The molecule has 0 atom stereocenters. The number of rotatable bonds is 8. The Hall–Kier alpha value is -1.67. The number of ether oxygens (including phenoxy) is 1. The Bertz CT molecular complexity index is 967. The second kappa shape index (κ2) is 9.69. The van der Waals surface area contributed by atoms with E-state index < -0.39 is 22.5 Å². The van der Waals surface area contributed by atoms with Gasteiger partial charge in [-0.2, -0.15) is 0 Å². The number of nitrogens with one attached hydrogen (secondary N) is 1. The number of carbonyl (C=O) groups is 1. The van der Waals surface area contributed by atoms with E-state index >= 15 is 0 Å². The van der Waals surface area contributed by atoms with Crippen LogP contribution in [-0.4, -0.2) is 33.7 Å². The topological polar surface area (TPSA) is 75.7 Å². The third kappa shape index (κ3) is 5.91. The average Bonchev–Trinajstić information content (AvgIpc) is 2.61. The molecule has 0 aliphatic heterocycles. The summed E-state index contributed by atoms with van der Waals surface area (Å²) >= 11 is 18.0. The standard InChI is InChI=1S/C18H19Cl3N2O4S/c1-3-27-17-7-5-4-6-12(17)10-22-18(24)11-23(28(2,25)26)16-9-14(20)13(19)8-15(16)21/h4-9H,3,10-11H2,1-2H3,(H,22,24). The van der Waals surface area contributed by atoms with Gasteiger partial charge in [0, 0.05) is 12.1 Å². The molecule has 0 saturated heterocycles. The van der Waals surface area contributed by atoms with Crippen LogP contribution in [0, 0.1) is 0 Å². The van der Waals surface area contributed by atoms with Crippen molar-refractivity contribution in [2.75, 3.05) is 23.7 Å². The first kappa shape index (κ1) is 22.6. The first-order chi connectivity index (χ1) is 13.1. The van der Waals surface area contributed by atoms with E-state index in [2.05, 4.69) is 5.32 Å². The zero-order chi connectivity index (χ0) is 20.9. The molecule has 1 N–H and O–H groups in total. The summed E-state index contributed by atoms with van der Waals surface area (Å²) in [5.41, 5.74) is 0.847. The van der Waals surface area contributed by atoms with E-state index in [1.165, 1.54) is 12.1 Å². The maximum atomic E-state index is 12.4. The van der Waals surface area contributed by atoms with E-state index in [0.29, 0.717) is 12.4 Å². The fourth-order valence-electron chi connectivity index (χ4n) is 2.41. The molecule has 2 aromatic rings. The van der Waals surface area contributed by atoms with Gasteiger partial charge in [0.2, 0.25) is 15.9 Å². The molecular formula is C18H19Cl3N2O4S. The molecule has 1 amide bonds. The summed E-state index contributed by atoms with van der Waals surface area (Å²) in [4.78, 5) is 12.4. The maximum Gasteiger partial charge on any atom is 0.241 e. The molecule has 10 heteroatoms. The van der Waals surface area contributed by atoms with E-state index in [4.69, 9.17) is 39.5 Å². The van der Waals surface area contributed by atoms with Gasteiger partial charge in [0.15, 0.2) is 0 Å². The molecule has 0 saturated carbocycles. The number of amides is 1. The Morgan fingerprint density at radius 2 is 1.75 bits per heavy atom. The Morgan fingerprint density at radius 1 is 1.11 bits per heavy atom. The number of benzene rings is 2. The lowest BCUT2D eigenvalue weighted by atomic mass is 10.2. The molecule has 152 valence electrons. The molecule has 2 rings (SSSR count). The number of nitrogens with zero attached hydrogens (tertiary/aromatic N) is 1. The Morgan fingerprint density at radius 3 is 2.39 bits per heavy atom. The van der Waals surface area contributed by atoms with E-state index in [0.717, 1.165) is 16.1 Å². The van der Waals surface area contributed by atoms with Crippen LogP contribution in [0.1, 0.15) is 12.5 Å². The normalized spacial score (nSPS) is 11.2. The van der Waals surface area contributed by atoms with Gasteiger partial charge in [-0.1, -0.05) is 53.0 Å². The highest BCUT2D eigenvalue weighted by Crippen LogP contribution is 2.35. The molecule has 0 aromatic heterocycles. The summed E-state index contributed by atoms with van der Waals surface area (Å²) in [6, 6.07) is 9.90. The summed E-state index contributed by atoms with van der Waals surface area (Å²) in [7, 11) is -3.80. The van der Waals surface area contributed by atoms with Gasteiger partial charge in [-0.25, -0.2) is 8.42 Å². The summed E-state index contributed by atoms with van der Waals surface area (Å²) in [5, 5.41) is 3.06. The maximum absolute atomic E-state index is 12.4. The summed E-state index contributed by atoms with van der Waals surface area (Å²) in [6.45, 7) is 2.07. The van der Waals surface area contributed by atoms with E-state index in [1.807, 2.05) is 25.1 Å². The number of carbonyl (C=O) groups excluding carboxylic acids is 1. The highest BCUT2D eigenvalue weighted by molar-refractivity contribution is 7.92. The van der Waals surface area contributed by atoms with E-state index in [-0.39, 0.29) is 27.3 Å². The Kier molecular flexibility index (Phi) is 7.83. The minimum Gasteiger partial charge on any atom is -0.494 e. The predicted octanol–water partition coefficient (Wildman–Crippen LogP) is 4.13. The molecule has 0 bridgehead atoms. The largest absolute Gasteiger partial charge is 0.494 e. The second-order valence-electron chi connectivity index (χ2n) is 5.80. The SMILES string of the molecule is CCOc1ccccc1CNC(=O)CN(c1cc(Cl)c(Cl)cc1Cl)S(C)(=O)=O. The number of sulfonamides is 1. The van der Waals surface area contributed by atoms with Crippen LogP contribution in [0.3, 0.4) is 0 Å². The first-order valence-corrected chi connectivity index (χ1v) is 11.2. The summed E-state index contributed by atoms with van der Waals surface area (Å²) in [6.07, 6.45) is 0.976. The van der Waals surface area contributed by atoms with Crippen LogP contribution in [0.15, 0.2) is 36.4 Å². The van der Waals surface area contributed by atoms with Crippen molar-refractivity contribution < 1.29 is 17.9 Å². The molecule has 2 aromatic carbocycles. The lowest BCUT2D eigenvalue weighted by molar-refractivity contribution is -0.119. The van der Waals surface area contributed by atoms with Gasteiger partial charge >= 0.3 is 0 Å². The van der Waals surface area contributed by atoms with Crippen LogP contribution in [0.25, 0.3) is 0 Å². The molecule has 0 spiro atoms. The second-order valence-corrected chi connectivity index (χ2v) is 8.93. The van der Waals surface area contributed by atoms with Crippen molar-refractivity contribution in [3.63, 3.8) is 0 Å². The lowest BCUT2D eigenvalue weighted by Crippen LogP contribution is -2.40. The van der Waals surface area contributed by atoms with Gasteiger partial charge in [0.25, 0.3) is 0 Å². The van der Waals surface area contributed by atoms with Gasteiger partial charge in [-0.05, 0) is 25.1 Å². The molecule has 0 aliphatic carbocycles. The number of anilines is 1. The van der Waals surface area contributed by atoms with Crippen molar-refractivity contribution >= 4 is 56.4 Å². The van der Waals surface area contributed by atoms with Gasteiger partial charge < -0.3 is 10.1 Å². The summed E-state index contributed by atoms with van der Waals surface area (Å²) in [5.74, 6) is 0.136. The van der Waals surface area contributed by atoms with Crippen molar-refractivity contribution in [1.29, 1.82) is 0 Å². The monoisotopic (exact) mass is 464 g/mol. The smallest absolute Gasteiger partial charge is 0.241 e. The highest BCUT2D eigenvalue weighted by atomic mass is 35.5. The predicted molar refractivity (Wildman–Crippen MR) is 113 cm³/mol. The molecule has 0 unspecified atom stereocenters. The molecule has 0 aliphatic rings. The van der Waals surface area contributed by atoms with Crippen LogP contribution in [0.2, 0.25) is 15.1 Å². The van der Waals surface area contributed by atoms with E-state index in [1.54, 1.807) is 6.07 Å². The van der Waals surface area contributed by atoms with Crippen molar-refractivity contribution in [2.45, 2.75) is 13.5 Å². The van der Waals surface area contributed by atoms with Crippen molar-refractivity contribution in [3.8, 4) is 5.75 Å². The lowest BCUT2D eigenvalue weighted by Gasteiger charge is -2.23.